The molecule has 4 aromatic carbocycles. The van der Waals surface area contributed by atoms with Crippen LogP contribution in [-0.4, -0.2) is 0 Å². The van der Waals surface area contributed by atoms with Crippen LogP contribution in [0.5, 0.6) is 0 Å². The van der Waals surface area contributed by atoms with Gasteiger partial charge in [-0.15, -0.1) is 0 Å². The van der Waals surface area contributed by atoms with E-state index in [2.05, 4.69) is 121 Å². The van der Waals surface area contributed by atoms with Crippen LogP contribution in [-0.2, 0) is 0 Å². The summed E-state index contributed by atoms with van der Waals surface area (Å²) in [5.41, 5.74) is 0. The minimum Gasteiger partial charge on any atom is -0.0622 e. The van der Waals surface area contributed by atoms with E-state index in [-0.39, 0.29) is 0 Å². The minimum atomic E-state index is -1.86. The van der Waals surface area contributed by atoms with Gasteiger partial charge in [0.05, 0.1) is 11.4 Å². The van der Waals surface area contributed by atoms with Crippen molar-refractivity contribution in [1.82, 2.24) is 0 Å². The Labute approximate surface area is 160 Å². The summed E-state index contributed by atoms with van der Waals surface area (Å²) in [4.78, 5) is 1.30. The third-order valence-corrected chi connectivity index (χ3v) is 11.5. The Hall–Kier alpha value is -2.34. The topological polar surface area (TPSA) is 0 Å². The van der Waals surface area contributed by atoms with Crippen LogP contribution in [0.15, 0.2) is 126 Å². The molecule has 0 amide bonds. The summed E-state index contributed by atoms with van der Waals surface area (Å²) < 4.78 is 0. The first-order valence-corrected chi connectivity index (χ1v) is 11.9. The van der Waals surface area contributed by atoms with Gasteiger partial charge in [0.2, 0.25) is 0 Å². The van der Waals surface area contributed by atoms with Gasteiger partial charge >= 0.3 is 0 Å². The van der Waals surface area contributed by atoms with Gasteiger partial charge in [0, 0.05) is 4.90 Å². The van der Waals surface area contributed by atoms with E-state index >= 15 is 0 Å². The molecule has 0 atom stereocenters. The Balaban J connectivity index is 2.00. The van der Waals surface area contributed by atoms with Crippen LogP contribution in [0.25, 0.3) is 0 Å². The zero-order valence-corrected chi connectivity index (χ0v) is 16.1. The summed E-state index contributed by atoms with van der Waals surface area (Å²) in [6.45, 7) is -1.86. The molecule has 0 N–H and O–H groups in total. The second-order valence-electron chi connectivity index (χ2n) is 6.02. The van der Waals surface area contributed by atoms with Crippen molar-refractivity contribution in [2.75, 3.05) is 0 Å². The third-order valence-electron chi connectivity index (χ3n) is 4.34. The lowest BCUT2D eigenvalue weighted by atomic mass is 10.4. The highest BCUT2D eigenvalue weighted by molar-refractivity contribution is 8.69. The maximum absolute atomic E-state index is 2.28. The Bertz CT molecular complexity index is 842. The molecule has 0 spiro atoms. The van der Waals surface area contributed by atoms with E-state index in [1.165, 1.54) is 20.8 Å². The summed E-state index contributed by atoms with van der Waals surface area (Å²) in [5, 5.41) is 4.18. The summed E-state index contributed by atoms with van der Waals surface area (Å²) in [5.74, 6) is 0. The number of benzene rings is 4. The van der Waals surface area contributed by atoms with Crippen molar-refractivity contribution in [2.45, 2.75) is 4.90 Å². The lowest BCUT2D eigenvalue weighted by molar-refractivity contribution is 1.48. The van der Waals surface area contributed by atoms with Crippen LogP contribution in [0.3, 0.4) is 0 Å². The van der Waals surface area contributed by atoms with E-state index < -0.39 is 6.46 Å². The molecule has 2 heteroatoms. The predicted octanol–water partition coefficient (Wildman–Crippen LogP) is 5.69. The molecule has 4 aromatic rings. The lowest BCUT2D eigenvalue weighted by Gasteiger charge is -2.25. The van der Waals surface area contributed by atoms with Crippen molar-refractivity contribution >= 4 is 33.8 Å². The maximum Gasteiger partial charge on any atom is 0.176 e. The first-order chi connectivity index (χ1) is 12.9. The first kappa shape index (κ1) is 17.1. The quantitative estimate of drug-likeness (QED) is 0.406. The summed E-state index contributed by atoms with van der Waals surface area (Å²) >= 11 is 2.01. The Morgan fingerprint density at radius 1 is 0.385 bits per heavy atom. The molecule has 4 rings (SSSR count). The van der Waals surface area contributed by atoms with E-state index in [0.29, 0.717) is 0 Å². The van der Waals surface area contributed by atoms with Gasteiger partial charge in [0.1, 0.15) is 15.9 Å². The highest BCUT2D eigenvalue weighted by Gasteiger charge is 2.47. The highest BCUT2D eigenvalue weighted by atomic mass is 32.7. The average molecular weight is 371 g/mol. The van der Waals surface area contributed by atoms with Gasteiger partial charge in [-0.3, -0.25) is 0 Å². The molecule has 0 unspecified atom stereocenters. The zero-order chi connectivity index (χ0) is 17.7. The molecule has 0 aliphatic rings. The van der Waals surface area contributed by atoms with Crippen molar-refractivity contribution < 1.29 is 0 Å². The fourth-order valence-electron chi connectivity index (χ4n) is 3.16. The Morgan fingerprint density at radius 3 is 1.04 bits per heavy atom. The van der Waals surface area contributed by atoms with E-state index in [0.717, 1.165) is 0 Å². The smallest absolute Gasteiger partial charge is 0.0622 e. The molecule has 0 bridgehead atoms. The van der Waals surface area contributed by atoms with Crippen LogP contribution in [0, 0.1) is 0 Å². The van der Waals surface area contributed by atoms with Crippen LogP contribution < -0.4 is 15.9 Å². The van der Waals surface area contributed by atoms with E-state index in [1.807, 2.05) is 11.4 Å². The molecular formula is C24H20PS+. The third kappa shape index (κ3) is 3.33. The Kier molecular flexibility index (Phi) is 5.20. The Morgan fingerprint density at radius 2 is 0.692 bits per heavy atom. The first-order valence-electron chi connectivity index (χ1n) is 8.70. The zero-order valence-electron chi connectivity index (χ0n) is 14.4. The van der Waals surface area contributed by atoms with Crippen molar-refractivity contribution in [3.63, 3.8) is 0 Å². The second kappa shape index (κ2) is 7.91. The van der Waals surface area contributed by atoms with Gasteiger partial charge in [-0.25, -0.2) is 0 Å². The number of hydrogen-bond acceptors (Lipinski definition) is 1. The van der Waals surface area contributed by atoms with Gasteiger partial charge in [-0.2, -0.15) is 0 Å². The maximum atomic E-state index is 2.28. The largest absolute Gasteiger partial charge is 0.176 e. The standard InChI is InChI=1S/C24H20PS/c1-5-13-21(14-6-1)25(22-15-7-2-8-16-22,23-17-9-3-10-18-23)26-24-19-11-4-12-20-24/h1-20H/q+1. The van der Waals surface area contributed by atoms with E-state index in [9.17, 15) is 0 Å². The van der Waals surface area contributed by atoms with Gasteiger partial charge in [-0.05, 0) is 48.5 Å². The molecule has 26 heavy (non-hydrogen) atoms. The highest BCUT2D eigenvalue weighted by Crippen LogP contribution is 2.69. The summed E-state index contributed by atoms with van der Waals surface area (Å²) in [6, 6.07) is 43.7. The van der Waals surface area contributed by atoms with Crippen LogP contribution in [0.4, 0.5) is 0 Å². The van der Waals surface area contributed by atoms with Gasteiger partial charge in [-0.1, -0.05) is 72.8 Å². The van der Waals surface area contributed by atoms with Crippen molar-refractivity contribution in [1.29, 1.82) is 0 Å². The van der Waals surface area contributed by atoms with E-state index in [1.54, 1.807) is 0 Å². The van der Waals surface area contributed by atoms with Crippen LogP contribution in [0.2, 0.25) is 0 Å². The second-order valence-corrected chi connectivity index (χ2v) is 11.6. The monoisotopic (exact) mass is 371 g/mol. The average Bonchev–Trinajstić information content (AvgIpc) is 2.75. The van der Waals surface area contributed by atoms with E-state index in [4.69, 9.17) is 0 Å². The number of hydrogen-bond donors (Lipinski definition) is 0. The molecule has 0 fully saturated rings. The van der Waals surface area contributed by atoms with Gasteiger partial charge in [0.15, 0.2) is 6.46 Å². The molecule has 0 nitrogen and oxygen atoms in total. The molecule has 0 radical (unpaired) electrons. The SMILES string of the molecule is c1ccc(S[P+](c2ccccc2)(c2ccccc2)c2ccccc2)cc1. The van der Waals surface area contributed by atoms with Crippen LogP contribution in [0.1, 0.15) is 0 Å². The van der Waals surface area contributed by atoms with Crippen molar-refractivity contribution in [3.05, 3.63) is 121 Å². The molecule has 0 aliphatic carbocycles. The molecule has 0 saturated heterocycles. The molecule has 126 valence electrons. The lowest BCUT2D eigenvalue weighted by Crippen LogP contribution is -2.28. The normalized spacial score (nSPS) is 11.2. The molecule has 0 saturated carbocycles. The van der Waals surface area contributed by atoms with Gasteiger partial charge in [0.25, 0.3) is 0 Å². The summed E-state index contributed by atoms with van der Waals surface area (Å²) in [6.07, 6.45) is 0. The molecule has 0 aliphatic heterocycles. The van der Waals surface area contributed by atoms with Gasteiger partial charge < -0.3 is 0 Å². The van der Waals surface area contributed by atoms with Crippen molar-refractivity contribution in [2.24, 2.45) is 0 Å². The minimum absolute atomic E-state index is 1.30. The molecule has 0 heterocycles. The predicted molar refractivity (Wildman–Crippen MR) is 117 cm³/mol. The fraction of sp³-hybridized carbons (Fsp3) is 0. The fourth-order valence-corrected chi connectivity index (χ4v) is 10.1. The molecular weight excluding hydrogens is 351 g/mol. The molecule has 0 aromatic heterocycles. The van der Waals surface area contributed by atoms with Crippen LogP contribution >= 0.6 is 17.8 Å². The summed E-state index contributed by atoms with van der Waals surface area (Å²) in [7, 11) is 0. The number of rotatable bonds is 5. The van der Waals surface area contributed by atoms with Crippen molar-refractivity contribution in [3.8, 4) is 0 Å².